The second kappa shape index (κ2) is 6.79. The van der Waals surface area contributed by atoms with Crippen LogP contribution < -0.4 is 10.2 Å². The van der Waals surface area contributed by atoms with Crippen molar-refractivity contribution in [2.45, 2.75) is 26.8 Å². The molecule has 0 aliphatic carbocycles. The number of anilines is 1. The first-order valence-electron chi connectivity index (χ1n) is 6.45. The van der Waals surface area contributed by atoms with Crippen LogP contribution in [-0.4, -0.2) is 25.5 Å². The highest BCUT2D eigenvalue weighted by atomic mass is 16.2. The first kappa shape index (κ1) is 15.0. The predicted molar refractivity (Wildman–Crippen MR) is 76.9 cm³/mol. The number of nitrogens with one attached hydrogen (secondary N) is 1. The Labute approximate surface area is 115 Å². The van der Waals surface area contributed by atoms with Gasteiger partial charge in [0.1, 0.15) is 6.07 Å². The van der Waals surface area contributed by atoms with E-state index < -0.39 is 0 Å². The number of hydrogen-bond acceptors (Lipinski definition) is 3. The van der Waals surface area contributed by atoms with E-state index in [-0.39, 0.29) is 18.5 Å². The molecule has 1 aromatic rings. The molecule has 102 valence electrons. The van der Waals surface area contributed by atoms with E-state index in [1.807, 2.05) is 32.2 Å². The fraction of sp³-hybridized carbons (Fsp3) is 0.467. The highest BCUT2D eigenvalue weighted by Gasteiger charge is 2.14. The van der Waals surface area contributed by atoms with Gasteiger partial charge in [-0.05, 0) is 25.0 Å². The van der Waals surface area contributed by atoms with Gasteiger partial charge < -0.3 is 10.2 Å². The maximum absolute atomic E-state index is 11.9. The maximum atomic E-state index is 11.9. The van der Waals surface area contributed by atoms with Gasteiger partial charge in [-0.3, -0.25) is 4.79 Å². The SMILES string of the molecule is CC(C)C(C)NC(=O)CN(C)c1ccccc1C#N. The number of rotatable bonds is 5. The van der Waals surface area contributed by atoms with Crippen LogP contribution in [0.15, 0.2) is 24.3 Å². The van der Waals surface area contributed by atoms with Gasteiger partial charge in [0.15, 0.2) is 0 Å². The average molecular weight is 259 g/mol. The van der Waals surface area contributed by atoms with Gasteiger partial charge in [0.2, 0.25) is 5.91 Å². The van der Waals surface area contributed by atoms with Gasteiger partial charge in [0.05, 0.1) is 17.8 Å². The standard InChI is InChI=1S/C15H21N3O/c1-11(2)12(3)17-15(19)10-18(4)14-8-6-5-7-13(14)9-16/h5-8,11-12H,10H2,1-4H3,(H,17,19). The fourth-order valence-electron chi connectivity index (χ4n) is 1.67. The van der Waals surface area contributed by atoms with Crippen molar-refractivity contribution in [2.75, 3.05) is 18.5 Å². The lowest BCUT2D eigenvalue weighted by Gasteiger charge is -2.22. The number of amides is 1. The van der Waals surface area contributed by atoms with E-state index in [0.29, 0.717) is 11.5 Å². The van der Waals surface area contributed by atoms with Gasteiger partial charge in [0, 0.05) is 13.1 Å². The van der Waals surface area contributed by atoms with Crippen molar-refractivity contribution in [1.29, 1.82) is 5.26 Å². The molecular formula is C15H21N3O. The van der Waals surface area contributed by atoms with E-state index in [1.54, 1.807) is 11.0 Å². The lowest BCUT2D eigenvalue weighted by atomic mass is 10.1. The summed E-state index contributed by atoms with van der Waals surface area (Å²) < 4.78 is 0. The van der Waals surface area contributed by atoms with Crippen LogP contribution in [0.5, 0.6) is 0 Å². The minimum atomic E-state index is -0.0311. The lowest BCUT2D eigenvalue weighted by molar-refractivity contribution is -0.120. The molecule has 1 rings (SSSR count). The Hall–Kier alpha value is -2.02. The summed E-state index contributed by atoms with van der Waals surface area (Å²) in [5, 5.41) is 12.0. The van der Waals surface area contributed by atoms with Crippen LogP contribution in [0.2, 0.25) is 0 Å². The van der Waals surface area contributed by atoms with Crippen LogP contribution in [0, 0.1) is 17.2 Å². The van der Waals surface area contributed by atoms with Gasteiger partial charge >= 0.3 is 0 Å². The molecule has 1 atom stereocenters. The van der Waals surface area contributed by atoms with Gasteiger partial charge in [-0.15, -0.1) is 0 Å². The zero-order valence-electron chi connectivity index (χ0n) is 12.0. The molecule has 1 N–H and O–H groups in total. The number of hydrogen-bond donors (Lipinski definition) is 1. The van der Waals surface area contributed by atoms with Crippen molar-refractivity contribution in [3.05, 3.63) is 29.8 Å². The zero-order chi connectivity index (χ0) is 14.4. The molecule has 0 spiro atoms. The predicted octanol–water partition coefficient (Wildman–Crippen LogP) is 2.16. The van der Waals surface area contributed by atoms with Crippen molar-refractivity contribution in [2.24, 2.45) is 5.92 Å². The van der Waals surface area contributed by atoms with E-state index >= 15 is 0 Å². The molecule has 1 aromatic carbocycles. The lowest BCUT2D eigenvalue weighted by Crippen LogP contribution is -2.42. The molecule has 0 aromatic heterocycles. The van der Waals surface area contributed by atoms with Crippen molar-refractivity contribution in [3.8, 4) is 6.07 Å². The normalized spacial score (nSPS) is 11.8. The molecule has 0 heterocycles. The third kappa shape index (κ3) is 4.29. The number of nitrogens with zero attached hydrogens (tertiary/aromatic N) is 2. The van der Waals surface area contributed by atoms with Gasteiger partial charge in [-0.2, -0.15) is 5.26 Å². The largest absolute Gasteiger partial charge is 0.364 e. The van der Waals surface area contributed by atoms with Crippen molar-refractivity contribution in [1.82, 2.24) is 5.32 Å². The quantitative estimate of drug-likeness (QED) is 0.881. The minimum Gasteiger partial charge on any atom is -0.364 e. The zero-order valence-corrected chi connectivity index (χ0v) is 12.0. The first-order chi connectivity index (χ1) is 8.95. The molecule has 0 aliphatic rings. The fourth-order valence-corrected chi connectivity index (χ4v) is 1.67. The number of nitriles is 1. The second-order valence-electron chi connectivity index (χ2n) is 5.09. The highest BCUT2D eigenvalue weighted by molar-refractivity contribution is 5.82. The Bertz CT molecular complexity index is 477. The second-order valence-corrected chi connectivity index (χ2v) is 5.09. The summed E-state index contributed by atoms with van der Waals surface area (Å²) in [6.07, 6.45) is 0. The molecule has 4 nitrogen and oxygen atoms in total. The summed E-state index contributed by atoms with van der Waals surface area (Å²) >= 11 is 0. The highest BCUT2D eigenvalue weighted by Crippen LogP contribution is 2.17. The van der Waals surface area contributed by atoms with Crippen LogP contribution in [0.3, 0.4) is 0 Å². The third-order valence-electron chi connectivity index (χ3n) is 3.21. The van der Waals surface area contributed by atoms with Gasteiger partial charge in [-0.25, -0.2) is 0 Å². The van der Waals surface area contributed by atoms with Crippen LogP contribution in [-0.2, 0) is 4.79 Å². The van der Waals surface area contributed by atoms with Crippen LogP contribution >= 0.6 is 0 Å². The Morgan fingerprint density at radius 3 is 2.58 bits per heavy atom. The van der Waals surface area contributed by atoms with Crippen molar-refractivity contribution in [3.63, 3.8) is 0 Å². The van der Waals surface area contributed by atoms with Gasteiger partial charge in [0.25, 0.3) is 0 Å². The summed E-state index contributed by atoms with van der Waals surface area (Å²) in [6, 6.07) is 9.55. The van der Waals surface area contributed by atoms with E-state index in [2.05, 4.69) is 25.2 Å². The molecule has 0 aliphatic heterocycles. The summed E-state index contributed by atoms with van der Waals surface area (Å²) in [6.45, 7) is 6.38. The Balaban J connectivity index is 2.67. The van der Waals surface area contributed by atoms with E-state index in [4.69, 9.17) is 5.26 Å². The Kier molecular flexibility index (Phi) is 5.37. The summed E-state index contributed by atoms with van der Waals surface area (Å²) in [5.74, 6) is 0.372. The average Bonchev–Trinajstić information content (AvgIpc) is 2.38. The van der Waals surface area contributed by atoms with Crippen molar-refractivity contribution >= 4 is 11.6 Å². The Morgan fingerprint density at radius 2 is 2.00 bits per heavy atom. The summed E-state index contributed by atoms with van der Waals surface area (Å²) in [4.78, 5) is 13.7. The van der Waals surface area contributed by atoms with Gasteiger partial charge in [-0.1, -0.05) is 26.0 Å². The molecule has 19 heavy (non-hydrogen) atoms. The van der Waals surface area contributed by atoms with E-state index in [0.717, 1.165) is 5.69 Å². The topological polar surface area (TPSA) is 56.1 Å². The minimum absolute atomic E-state index is 0.0311. The number of likely N-dealkylation sites (N-methyl/N-ethyl adjacent to an activating group) is 1. The van der Waals surface area contributed by atoms with Crippen molar-refractivity contribution < 1.29 is 4.79 Å². The molecule has 1 amide bonds. The number of carbonyl (C=O) groups excluding carboxylic acids is 1. The van der Waals surface area contributed by atoms with Crippen LogP contribution in [0.1, 0.15) is 26.3 Å². The molecule has 1 unspecified atom stereocenters. The van der Waals surface area contributed by atoms with Crippen LogP contribution in [0.4, 0.5) is 5.69 Å². The molecular weight excluding hydrogens is 238 g/mol. The first-order valence-corrected chi connectivity index (χ1v) is 6.45. The van der Waals surface area contributed by atoms with Crippen LogP contribution in [0.25, 0.3) is 0 Å². The molecule has 0 saturated heterocycles. The summed E-state index contributed by atoms with van der Waals surface area (Å²) in [5.41, 5.74) is 1.35. The Morgan fingerprint density at radius 1 is 1.37 bits per heavy atom. The monoisotopic (exact) mass is 259 g/mol. The molecule has 0 bridgehead atoms. The van der Waals surface area contributed by atoms with E-state index in [1.165, 1.54) is 0 Å². The molecule has 0 fully saturated rings. The summed E-state index contributed by atoms with van der Waals surface area (Å²) in [7, 11) is 1.82. The number of benzene rings is 1. The van der Waals surface area contributed by atoms with E-state index in [9.17, 15) is 4.79 Å². The smallest absolute Gasteiger partial charge is 0.239 e. The number of para-hydroxylation sites is 1. The molecule has 0 radical (unpaired) electrons. The molecule has 0 saturated carbocycles. The number of carbonyl (C=O) groups is 1. The maximum Gasteiger partial charge on any atom is 0.239 e. The molecule has 4 heteroatoms. The third-order valence-corrected chi connectivity index (χ3v) is 3.21.